The molecule has 67 heavy (non-hydrogen) atoms. The number of benzene rings is 2. The maximum absolute atomic E-state index is 14.0. The molecular weight excluding hydrogens is 894 g/mol. The molecule has 2 aromatic carbocycles. The van der Waals surface area contributed by atoms with E-state index in [2.05, 4.69) is 59.8 Å². The number of carbonyl (C=O) groups is 4. The lowest BCUT2D eigenvalue weighted by atomic mass is 9.49. The maximum atomic E-state index is 14.0. The molecule has 2 heterocycles. The first-order valence-electron chi connectivity index (χ1n) is 22.9. The van der Waals surface area contributed by atoms with Crippen molar-refractivity contribution in [2.45, 2.75) is 118 Å². The molecular formula is C50H64ClN7O8S. The van der Waals surface area contributed by atoms with E-state index < -0.39 is 46.1 Å². The van der Waals surface area contributed by atoms with Gasteiger partial charge in [0.25, 0.3) is 5.91 Å². The molecule has 4 aromatic rings. The first-order valence-corrected chi connectivity index (χ1v) is 24.2. The molecule has 2 fully saturated rings. The standard InChI is InChI=1S/C50H64ClN7O8S/c1-48(2,3)43(42(61)37-21-35(59)22-38(37)45(63)54-25-31-11-13-32(14-12-31)40-27-53-30-67-40)56-41(60)29-65-19-10-8-9-18-64-20-17-58-28-34(26-55-58)44(62)57-46-49(4,5)47(50(46,6)7)66-36-16-15-33(24-52)39(51)23-36/h11-16,23,26-28,30,35,37-38,43,46-47,59H,8-10,17-22,25,29H2,1-7H3,(H,54,63)(H,56,60)(H,57,62)/t35-,37?,38+,43+,46-,47-/m0/s1. The van der Waals surface area contributed by atoms with Gasteiger partial charge in [0.15, 0.2) is 5.78 Å². The fourth-order valence-electron chi connectivity index (χ4n) is 9.64. The average molecular weight is 959 g/mol. The van der Waals surface area contributed by atoms with E-state index in [1.54, 1.807) is 52.1 Å². The molecule has 2 aliphatic carbocycles. The van der Waals surface area contributed by atoms with Crippen molar-refractivity contribution in [2.75, 3.05) is 26.4 Å². The number of nitrogens with one attached hydrogen (secondary N) is 3. The van der Waals surface area contributed by atoms with Crippen LogP contribution in [0, 0.1) is 39.4 Å². The largest absolute Gasteiger partial charge is 0.489 e. The smallest absolute Gasteiger partial charge is 0.254 e. The Hall–Kier alpha value is -5.18. The summed E-state index contributed by atoms with van der Waals surface area (Å²) in [5.74, 6) is -2.08. The zero-order chi connectivity index (χ0) is 48.5. The number of aliphatic hydroxyl groups is 1. The minimum Gasteiger partial charge on any atom is -0.489 e. The number of hydrogen-bond donors (Lipinski definition) is 4. The van der Waals surface area contributed by atoms with Gasteiger partial charge in [0.05, 0.1) is 63.9 Å². The first-order chi connectivity index (χ1) is 31.8. The Labute approximate surface area is 402 Å². The van der Waals surface area contributed by atoms with E-state index in [0.717, 1.165) is 28.8 Å². The fourth-order valence-corrected chi connectivity index (χ4v) is 10.5. The second kappa shape index (κ2) is 22.3. The highest BCUT2D eigenvalue weighted by molar-refractivity contribution is 7.13. The summed E-state index contributed by atoms with van der Waals surface area (Å²) >= 11 is 7.78. The number of halogens is 1. The Bertz CT molecular complexity index is 2360. The summed E-state index contributed by atoms with van der Waals surface area (Å²) < 4.78 is 19.5. The molecule has 2 saturated carbocycles. The van der Waals surface area contributed by atoms with Crippen molar-refractivity contribution in [3.05, 3.63) is 88.3 Å². The molecule has 15 nitrogen and oxygen atoms in total. The van der Waals surface area contributed by atoms with Crippen LogP contribution in [0.5, 0.6) is 5.75 Å². The van der Waals surface area contributed by atoms with Gasteiger partial charge in [-0.05, 0) is 60.8 Å². The van der Waals surface area contributed by atoms with Crippen LogP contribution in [0.15, 0.2) is 66.6 Å². The van der Waals surface area contributed by atoms with Crippen molar-refractivity contribution in [1.82, 2.24) is 30.7 Å². The Morgan fingerprint density at radius 1 is 0.970 bits per heavy atom. The predicted octanol–water partition coefficient (Wildman–Crippen LogP) is 7.15. The van der Waals surface area contributed by atoms with E-state index in [1.807, 2.05) is 51.2 Å². The number of nitriles is 1. The van der Waals surface area contributed by atoms with Gasteiger partial charge in [0, 0.05) is 61.0 Å². The Kier molecular flexibility index (Phi) is 17.0. The van der Waals surface area contributed by atoms with Gasteiger partial charge in [-0.1, -0.05) is 84.3 Å². The lowest BCUT2D eigenvalue weighted by molar-refractivity contribution is -0.164. The summed E-state index contributed by atoms with van der Waals surface area (Å²) in [6.45, 7) is 15.7. The molecule has 4 N–H and O–H groups in total. The van der Waals surface area contributed by atoms with Gasteiger partial charge in [0.2, 0.25) is 11.8 Å². The number of aromatic nitrogens is 3. The number of rotatable bonds is 22. The minimum atomic E-state index is -0.874. The van der Waals surface area contributed by atoms with E-state index in [4.69, 9.17) is 25.8 Å². The molecule has 4 atom stereocenters. The van der Waals surface area contributed by atoms with Crippen molar-refractivity contribution in [2.24, 2.45) is 28.1 Å². The van der Waals surface area contributed by atoms with Crippen LogP contribution in [0.1, 0.15) is 102 Å². The monoisotopic (exact) mass is 957 g/mol. The number of unbranched alkanes of at least 4 members (excludes halogenated alkanes) is 2. The third kappa shape index (κ3) is 12.9. The van der Waals surface area contributed by atoms with Gasteiger partial charge in [-0.3, -0.25) is 28.8 Å². The number of hydrogen-bond acceptors (Lipinski definition) is 12. The summed E-state index contributed by atoms with van der Waals surface area (Å²) in [6, 6.07) is 13.9. The molecule has 3 amide bonds. The summed E-state index contributed by atoms with van der Waals surface area (Å²) in [5, 5.41) is 33.5. The van der Waals surface area contributed by atoms with Crippen LogP contribution in [0.25, 0.3) is 10.4 Å². The zero-order valence-corrected chi connectivity index (χ0v) is 41.0. The normalized spacial score (nSPS) is 21.1. The second-order valence-corrected chi connectivity index (χ2v) is 21.2. The van der Waals surface area contributed by atoms with Crippen LogP contribution in [0.2, 0.25) is 5.02 Å². The zero-order valence-electron chi connectivity index (χ0n) is 39.5. The summed E-state index contributed by atoms with van der Waals surface area (Å²) in [6.07, 6.45) is 6.72. The van der Waals surface area contributed by atoms with E-state index in [-0.39, 0.29) is 55.7 Å². The molecule has 17 heteroatoms. The van der Waals surface area contributed by atoms with Crippen LogP contribution in [0.4, 0.5) is 0 Å². The third-order valence-corrected chi connectivity index (χ3v) is 14.1. The van der Waals surface area contributed by atoms with Crippen LogP contribution >= 0.6 is 22.9 Å². The predicted molar refractivity (Wildman–Crippen MR) is 255 cm³/mol. The van der Waals surface area contributed by atoms with Crippen LogP contribution in [0.3, 0.4) is 0 Å². The molecule has 1 unspecified atom stereocenters. The number of amides is 3. The van der Waals surface area contributed by atoms with E-state index in [0.29, 0.717) is 54.7 Å². The number of carbonyl (C=O) groups excluding carboxylic acids is 4. The molecule has 6 rings (SSSR count). The van der Waals surface area contributed by atoms with Crippen LogP contribution in [-0.2, 0) is 36.9 Å². The van der Waals surface area contributed by atoms with Crippen molar-refractivity contribution in [1.29, 1.82) is 5.26 Å². The number of ether oxygens (including phenoxy) is 3. The van der Waals surface area contributed by atoms with Gasteiger partial charge < -0.3 is 35.3 Å². The number of thiazole rings is 1. The molecule has 0 aliphatic heterocycles. The van der Waals surface area contributed by atoms with E-state index in [9.17, 15) is 29.5 Å². The molecule has 2 aromatic heterocycles. The van der Waals surface area contributed by atoms with Gasteiger partial charge in [-0.15, -0.1) is 11.3 Å². The van der Waals surface area contributed by atoms with Gasteiger partial charge in [0.1, 0.15) is 24.5 Å². The highest BCUT2D eigenvalue weighted by Crippen LogP contribution is 2.55. The van der Waals surface area contributed by atoms with Crippen LogP contribution < -0.4 is 20.7 Å². The molecule has 0 bridgehead atoms. The van der Waals surface area contributed by atoms with Crippen LogP contribution in [-0.4, -0.2) is 94.1 Å². The fraction of sp³-hybridized carbons (Fsp3) is 0.540. The number of aliphatic hydroxyl groups excluding tert-OH is 1. The second-order valence-electron chi connectivity index (χ2n) is 19.9. The third-order valence-electron chi connectivity index (χ3n) is 12.9. The summed E-state index contributed by atoms with van der Waals surface area (Å²) in [7, 11) is 0. The lowest BCUT2D eigenvalue weighted by Crippen LogP contribution is -2.74. The minimum absolute atomic E-state index is 0.156. The van der Waals surface area contributed by atoms with Crippen molar-refractivity contribution < 1.29 is 38.5 Å². The topological polar surface area (TPSA) is 207 Å². The molecule has 0 radical (unpaired) electrons. The van der Waals surface area contributed by atoms with Gasteiger partial charge in [-0.2, -0.15) is 10.4 Å². The highest BCUT2D eigenvalue weighted by atomic mass is 35.5. The quantitative estimate of drug-likeness (QED) is 0.0582. The number of nitrogens with zero attached hydrogens (tertiary/aromatic N) is 4. The number of ketones is 1. The number of Topliss-reactive ketones (excluding diaryl/α,β-unsaturated/α-hetero) is 1. The molecule has 2 aliphatic rings. The van der Waals surface area contributed by atoms with Crippen molar-refractivity contribution in [3.8, 4) is 22.3 Å². The SMILES string of the molecule is CC(C)(C)[C@H](NC(=O)COCCCCCOCCn1cc(C(=O)N[C@H]2C(C)(C)[C@H](Oc3ccc(C#N)c(Cl)c3)C2(C)C)cn1)C(=O)C1C[C@H](O)C[C@H]1C(=O)NCc1ccc(-c2cncs2)cc1. The molecule has 360 valence electrons. The van der Waals surface area contributed by atoms with E-state index >= 15 is 0 Å². The van der Waals surface area contributed by atoms with E-state index in [1.165, 1.54) is 0 Å². The average Bonchev–Trinajstić information content (AvgIpc) is 4.08. The van der Waals surface area contributed by atoms with Crippen molar-refractivity contribution in [3.63, 3.8) is 0 Å². The maximum Gasteiger partial charge on any atom is 0.254 e. The first kappa shape index (κ1) is 51.2. The Balaban J connectivity index is 0.846. The molecule has 0 spiro atoms. The summed E-state index contributed by atoms with van der Waals surface area (Å²) in [5.41, 5.74) is 3.13. The highest BCUT2D eigenvalue weighted by Gasteiger charge is 2.64. The molecule has 0 saturated heterocycles. The lowest BCUT2D eigenvalue weighted by Gasteiger charge is -2.63. The van der Waals surface area contributed by atoms with Gasteiger partial charge in [-0.25, -0.2) is 0 Å². The Morgan fingerprint density at radius 3 is 2.33 bits per heavy atom. The Morgan fingerprint density at radius 2 is 1.67 bits per heavy atom. The van der Waals surface area contributed by atoms with Crippen molar-refractivity contribution >= 4 is 46.4 Å². The summed E-state index contributed by atoms with van der Waals surface area (Å²) in [4.78, 5) is 59.0. The van der Waals surface area contributed by atoms with Gasteiger partial charge >= 0.3 is 0 Å².